The van der Waals surface area contributed by atoms with E-state index in [1.165, 1.54) is 23.1 Å². The van der Waals surface area contributed by atoms with E-state index in [0.29, 0.717) is 26.2 Å². The minimum Gasteiger partial charge on any atom is -0.368 e. The van der Waals surface area contributed by atoms with Crippen molar-refractivity contribution in [2.45, 2.75) is 13.8 Å². The fraction of sp³-hybridized carbons (Fsp3) is 0.316. The highest BCUT2D eigenvalue weighted by molar-refractivity contribution is 5.66. The summed E-state index contributed by atoms with van der Waals surface area (Å²) in [5.74, 6) is 0.165. The molecule has 3 heterocycles. The van der Waals surface area contributed by atoms with Gasteiger partial charge in [0.25, 0.3) is 0 Å². The average Bonchev–Trinajstić information content (AvgIpc) is 3.06. The Kier molecular flexibility index (Phi) is 4.83. The van der Waals surface area contributed by atoms with Gasteiger partial charge in [0.15, 0.2) is 0 Å². The smallest absolute Gasteiger partial charge is 0.355 e. The van der Waals surface area contributed by atoms with Crippen LogP contribution in [0, 0.1) is 29.8 Å². The van der Waals surface area contributed by atoms with E-state index in [-0.39, 0.29) is 23.1 Å². The highest BCUT2D eigenvalue weighted by atomic mass is 19.1. The number of piperazine rings is 1. The summed E-state index contributed by atoms with van der Waals surface area (Å²) in [6, 6.07) is 8.17. The van der Waals surface area contributed by atoms with Crippen molar-refractivity contribution >= 4 is 17.2 Å². The Bertz CT molecular complexity index is 1040. The van der Waals surface area contributed by atoms with E-state index < -0.39 is 4.92 Å². The van der Waals surface area contributed by atoms with Crippen LogP contribution in [0.2, 0.25) is 0 Å². The molecule has 150 valence electrons. The molecule has 4 rings (SSSR count). The minimum absolute atomic E-state index is 0.158. The highest BCUT2D eigenvalue weighted by Gasteiger charge is 2.31. The summed E-state index contributed by atoms with van der Waals surface area (Å²) in [6.07, 6.45) is 1.33. The van der Waals surface area contributed by atoms with Gasteiger partial charge in [-0.3, -0.25) is 10.1 Å². The molecule has 1 aliphatic heterocycles. The molecule has 0 radical (unpaired) electrons. The summed E-state index contributed by atoms with van der Waals surface area (Å²) >= 11 is 0. The molecule has 0 bridgehead atoms. The Labute approximate surface area is 166 Å². The van der Waals surface area contributed by atoms with Crippen molar-refractivity contribution in [1.29, 1.82) is 0 Å². The quantitative estimate of drug-likeness (QED) is 0.493. The molecule has 0 saturated carbocycles. The molecule has 1 aromatic carbocycles. The Hall–Kier alpha value is -3.56. The summed E-state index contributed by atoms with van der Waals surface area (Å²) in [5, 5.41) is 16.2. The maximum absolute atomic E-state index is 13.2. The van der Waals surface area contributed by atoms with Crippen LogP contribution in [0.3, 0.4) is 0 Å². The molecule has 1 saturated heterocycles. The third-order valence-electron chi connectivity index (χ3n) is 4.95. The number of aryl methyl sites for hydroxylation is 2. The SMILES string of the molecule is Cc1cc(C)n(-c2ncnc(N3CCN(c4ccc(F)cc4)CC3)c2[N+](=O)[O-])n1. The van der Waals surface area contributed by atoms with Gasteiger partial charge in [-0.15, -0.1) is 0 Å². The van der Waals surface area contributed by atoms with Gasteiger partial charge in [0.1, 0.15) is 12.1 Å². The van der Waals surface area contributed by atoms with Crippen molar-refractivity contribution in [1.82, 2.24) is 19.7 Å². The third-order valence-corrected chi connectivity index (χ3v) is 4.95. The van der Waals surface area contributed by atoms with Gasteiger partial charge in [-0.05, 0) is 44.2 Å². The van der Waals surface area contributed by atoms with Crippen LogP contribution in [0.4, 0.5) is 21.6 Å². The number of halogens is 1. The van der Waals surface area contributed by atoms with Gasteiger partial charge in [0, 0.05) is 37.6 Å². The van der Waals surface area contributed by atoms with E-state index in [1.54, 1.807) is 12.1 Å². The molecular weight excluding hydrogens is 377 g/mol. The molecule has 0 spiro atoms. The van der Waals surface area contributed by atoms with Crippen LogP contribution < -0.4 is 9.80 Å². The monoisotopic (exact) mass is 397 g/mol. The zero-order valence-electron chi connectivity index (χ0n) is 16.1. The van der Waals surface area contributed by atoms with Gasteiger partial charge < -0.3 is 9.80 Å². The molecule has 0 aliphatic carbocycles. The van der Waals surface area contributed by atoms with E-state index in [9.17, 15) is 14.5 Å². The second kappa shape index (κ2) is 7.46. The third kappa shape index (κ3) is 3.60. The largest absolute Gasteiger partial charge is 0.368 e. The van der Waals surface area contributed by atoms with Crippen LogP contribution in [0.5, 0.6) is 0 Å². The topological polar surface area (TPSA) is 93.2 Å². The lowest BCUT2D eigenvalue weighted by Gasteiger charge is -2.36. The van der Waals surface area contributed by atoms with E-state index in [4.69, 9.17) is 0 Å². The first-order chi connectivity index (χ1) is 13.9. The number of nitro groups is 1. The molecule has 0 atom stereocenters. The number of aromatic nitrogens is 4. The highest BCUT2D eigenvalue weighted by Crippen LogP contribution is 2.32. The predicted molar refractivity (Wildman–Crippen MR) is 106 cm³/mol. The first-order valence-electron chi connectivity index (χ1n) is 9.22. The van der Waals surface area contributed by atoms with Crippen LogP contribution in [0.1, 0.15) is 11.4 Å². The van der Waals surface area contributed by atoms with Crippen LogP contribution in [0.25, 0.3) is 5.82 Å². The second-order valence-corrected chi connectivity index (χ2v) is 6.92. The predicted octanol–water partition coefficient (Wildman–Crippen LogP) is 2.65. The molecule has 1 aliphatic rings. The van der Waals surface area contributed by atoms with Crippen LogP contribution in [-0.2, 0) is 0 Å². The summed E-state index contributed by atoms with van der Waals surface area (Å²) in [5.41, 5.74) is 2.28. The molecule has 3 aromatic rings. The molecule has 2 aromatic heterocycles. The van der Waals surface area contributed by atoms with E-state index in [0.717, 1.165) is 17.1 Å². The van der Waals surface area contributed by atoms with Gasteiger partial charge in [0.05, 0.1) is 10.6 Å². The molecular formula is C19H20FN7O2. The van der Waals surface area contributed by atoms with Gasteiger partial charge in [-0.2, -0.15) is 5.10 Å². The van der Waals surface area contributed by atoms with Crippen LogP contribution in [0.15, 0.2) is 36.7 Å². The standard InChI is InChI=1S/C19H20FN7O2/c1-13-11-14(2)26(23-13)19-17(27(28)29)18(21-12-22-19)25-9-7-24(8-10-25)16-5-3-15(20)4-6-16/h3-6,11-12H,7-10H2,1-2H3. The normalized spacial score (nSPS) is 14.3. The number of rotatable bonds is 4. The van der Waals surface area contributed by atoms with Gasteiger partial charge >= 0.3 is 5.69 Å². The summed E-state index contributed by atoms with van der Waals surface area (Å²) in [6.45, 7) is 6.03. The van der Waals surface area contributed by atoms with Crippen molar-refractivity contribution in [3.63, 3.8) is 0 Å². The fourth-order valence-electron chi connectivity index (χ4n) is 3.58. The summed E-state index contributed by atoms with van der Waals surface area (Å²) < 4.78 is 14.6. The molecule has 10 heteroatoms. The molecule has 0 amide bonds. The Balaban J connectivity index is 1.62. The van der Waals surface area contributed by atoms with Crippen LogP contribution in [-0.4, -0.2) is 50.9 Å². The lowest BCUT2D eigenvalue weighted by Crippen LogP contribution is -2.47. The van der Waals surface area contributed by atoms with Crippen molar-refractivity contribution < 1.29 is 9.31 Å². The van der Waals surface area contributed by atoms with Crippen molar-refractivity contribution in [2.24, 2.45) is 0 Å². The number of hydrogen-bond donors (Lipinski definition) is 0. The van der Waals surface area contributed by atoms with Crippen molar-refractivity contribution in [3.8, 4) is 5.82 Å². The van der Waals surface area contributed by atoms with Crippen molar-refractivity contribution in [2.75, 3.05) is 36.0 Å². The Morgan fingerprint density at radius 1 is 1.00 bits per heavy atom. The Morgan fingerprint density at radius 2 is 1.62 bits per heavy atom. The van der Waals surface area contributed by atoms with Gasteiger partial charge in [-0.1, -0.05) is 0 Å². The molecule has 0 unspecified atom stereocenters. The van der Waals surface area contributed by atoms with E-state index in [1.807, 2.05) is 24.8 Å². The van der Waals surface area contributed by atoms with Gasteiger partial charge in [0.2, 0.25) is 11.6 Å². The molecule has 29 heavy (non-hydrogen) atoms. The molecule has 9 nitrogen and oxygen atoms in total. The zero-order valence-corrected chi connectivity index (χ0v) is 16.1. The minimum atomic E-state index is -0.451. The fourth-order valence-corrected chi connectivity index (χ4v) is 3.58. The zero-order chi connectivity index (χ0) is 20.5. The number of anilines is 2. The number of nitrogens with zero attached hydrogens (tertiary/aromatic N) is 7. The summed E-state index contributed by atoms with van der Waals surface area (Å²) in [7, 11) is 0. The maximum atomic E-state index is 13.2. The Morgan fingerprint density at radius 3 is 2.21 bits per heavy atom. The first-order valence-corrected chi connectivity index (χ1v) is 9.22. The lowest BCUT2D eigenvalue weighted by atomic mass is 10.2. The average molecular weight is 397 g/mol. The van der Waals surface area contributed by atoms with E-state index in [2.05, 4.69) is 20.0 Å². The number of benzene rings is 1. The lowest BCUT2D eigenvalue weighted by molar-refractivity contribution is -0.384. The second-order valence-electron chi connectivity index (χ2n) is 6.92. The van der Waals surface area contributed by atoms with E-state index >= 15 is 0 Å². The molecule has 0 N–H and O–H groups in total. The van der Waals surface area contributed by atoms with Gasteiger partial charge in [-0.25, -0.2) is 19.0 Å². The molecule has 1 fully saturated rings. The first kappa shape index (κ1) is 18.8. The summed E-state index contributed by atoms with van der Waals surface area (Å²) in [4.78, 5) is 23.8. The number of hydrogen-bond acceptors (Lipinski definition) is 7. The maximum Gasteiger partial charge on any atom is 0.355 e. The van der Waals surface area contributed by atoms with Crippen LogP contribution >= 0.6 is 0 Å². The van der Waals surface area contributed by atoms with Crippen molar-refractivity contribution in [3.05, 3.63) is 64.0 Å².